The van der Waals surface area contributed by atoms with E-state index in [-0.39, 0.29) is 10.8 Å². The molecule has 0 saturated heterocycles. The van der Waals surface area contributed by atoms with Gasteiger partial charge in [-0.15, -0.1) is 0 Å². The van der Waals surface area contributed by atoms with Crippen molar-refractivity contribution in [2.45, 2.75) is 37.5 Å². The first-order valence-electron chi connectivity index (χ1n) is 22.5. The Kier molecular flexibility index (Phi) is 7.76. The maximum absolute atomic E-state index is 2.51. The molecule has 0 aliphatic heterocycles. The normalized spacial score (nSPS) is 16.2. The first-order chi connectivity index (χ1) is 31.0. The Morgan fingerprint density at radius 3 is 1.75 bits per heavy atom. The van der Waals surface area contributed by atoms with E-state index in [4.69, 9.17) is 0 Å². The zero-order valence-corrected chi connectivity index (χ0v) is 35.6. The average molecular weight is 804 g/mol. The van der Waals surface area contributed by atoms with Gasteiger partial charge in [-0.3, -0.25) is 0 Å². The minimum Gasteiger partial charge on any atom is -0.310 e. The number of hydrogen-bond donors (Lipinski definition) is 0. The van der Waals surface area contributed by atoms with Crippen molar-refractivity contribution in [3.05, 3.63) is 246 Å². The molecule has 1 unspecified atom stereocenters. The van der Waals surface area contributed by atoms with E-state index in [1.54, 1.807) is 0 Å². The third-order valence-electron chi connectivity index (χ3n) is 14.9. The monoisotopic (exact) mass is 803 g/mol. The van der Waals surface area contributed by atoms with E-state index < -0.39 is 0 Å². The predicted octanol–water partition coefficient (Wildman–Crippen LogP) is 16.4. The number of fused-ring (bicyclic) bond motifs is 13. The van der Waals surface area contributed by atoms with Crippen LogP contribution >= 0.6 is 0 Å². The summed E-state index contributed by atoms with van der Waals surface area (Å²) in [5.41, 5.74) is 22.2. The molecule has 0 fully saturated rings. The third kappa shape index (κ3) is 5.17. The van der Waals surface area contributed by atoms with E-state index in [0.717, 1.165) is 24.2 Å². The van der Waals surface area contributed by atoms with Crippen LogP contribution in [0.1, 0.15) is 53.6 Å². The van der Waals surface area contributed by atoms with Crippen LogP contribution in [0.4, 0.5) is 17.1 Å². The lowest BCUT2D eigenvalue weighted by Gasteiger charge is -2.31. The third-order valence-corrected chi connectivity index (χ3v) is 14.9. The number of hydrogen-bond acceptors (Lipinski definition) is 1. The molecule has 1 spiro atoms. The van der Waals surface area contributed by atoms with Gasteiger partial charge in [0.15, 0.2) is 0 Å². The van der Waals surface area contributed by atoms with Gasteiger partial charge >= 0.3 is 0 Å². The summed E-state index contributed by atoms with van der Waals surface area (Å²) in [6.07, 6.45) is 2.15. The minimum atomic E-state index is -0.173. The molecule has 0 N–H and O–H groups in total. The van der Waals surface area contributed by atoms with Crippen LogP contribution in [0, 0.1) is 0 Å². The summed E-state index contributed by atoms with van der Waals surface area (Å²) < 4.78 is 0. The van der Waals surface area contributed by atoms with Crippen LogP contribution in [0.15, 0.2) is 212 Å². The lowest BCUT2D eigenvalue weighted by atomic mass is 9.73. The number of nitrogens with zero attached hydrogens (tertiary/aromatic N) is 1. The Morgan fingerprint density at radius 1 is 0.365 bits per heavy atom. The highest BCUT2D eigenvalue weighted by molar-refractivity contribution is 6.08. The van der Waals surface area contributed by atoms with Crippen LogP contribution in [0.5, 0.6) is 0 Å². The van der Waals surface area contributed by atoms with Gasteiger partial charge < -0.3 is 4.90 Å². The largest absolute Gasteiger partial charge is 0.310 e. The zero-order valence-electron chi connectivity index (χ0n) is 35.6. The molecule has 63 heavy (non-hydrogen) atoms. The number of aryl methyl sites for hydroxylation is 1. The summed E-state index contributed by atoms with van der Waals surface area (Å²) in [5.74, 6) is 0. The summed E-state index contributed by atoms with van der Waals surface area (Å²) >= 11 is 0. The number of anilines is 3. The second-order valence-electron chi connectivity index (χ2n) is 18.4. The Morgan fingerprint density at radius 2 is 0.921 bits per heavy atom. The summed E-state index contributed by atoms with van der Waals surface area (Å²) in [6, 6.07) is 79.9. The van der Waals surface area contributed by atoms with Gasteiger partial charge in [-0.1, -0.05) is 190 Å². The second kappa shape index (κ2) is 13.5. The molecule has 0 amide bonds. The standard InChI is InChI=1S/C62H45N/c1-61(2)57-24-11-8-20-52(57)55-22-13-21-54(60(55)61)50-18-7-6-17-48(50)41-28-30-44(31-29-41)63(45-32-34-49-43(38-45)27-26-40-14-3-5-16-47(40)49)46-33-35-53-51-19-9-12-25-58(51)62(59(53)39-46)37-36-42-15-4-10-23-56(42)62/h3-35,38-39H,36-37H2,1-2H3. The molecule has 0 bridgehead atoms. The van der Waals surface area contributed by atoms with Gasteiger partial charge in [0.25, 0.3) is 0 Å². The molecular weight excluding hydrogens is 759 g/mol. The Hall–Kier alpha value is -7.48. The van der Waals surface area contributed by atoms with Crippen molar-refractivity contribution in [2.24, 2.45) is 0 Å². The number of rotatable bonds is 5. The fourth-order valence-electron chi connectivity index (χ4n) is 12.1. The smallest absolute Gasteiger partial charge is 0.0470 e. The number of benzene rings is 10. The molecule has 0 heterocycles. The quantitative estimate of drug-likeness (QED) is 0.157. The van der Waals surface area contributed by atoms with Crippen LogP contribution in [-0.2, 0) is 17.3 Å². The van der Waals surface area contributed by atoms with Gasteiger partial charge in [0.1, 0.15) is 0 Å². The molecule has 1 heteroatoms. The Bertz CT molecular complexity index is 3500. The van der Waals surface area contributed by atoms with Crippen molar-refractivity contribution >= 4 is 38.6 Å². The van der Waals surface area contributed by atoms with Crippen molar-refractivity contribution in [3.8, 4) is 44.5 Å². The van der Waals surface area contributed by atoms with Crippen LogP contribution in [0.25, 0.3) is 66.1 Å². The molecule has 3 aliphatic rings. The summed E-state index contributed by atoms with van der Waals surface area (Å²) in [4.78, 5) is 2.48. The molecule has 0 radical (unpaired) electrons. The Balaban J connectivity index is 0.971. The van der Waals surface area contributed by atoms with Gasteiger partial charge in [-0.05, 0) is 149 Å². The maximum Gasteiger partial charge on any atom is 0.0470 e. The van der Waals surface area contributed by atoms with Crippen LogP contribution in [0.2, 0.25) is 0 Å². The van der Waals surface area contributed by atoms with E-state index in [9.17, 15) is 0 Å². The lowest BCUT2D eigenvalue weighted by Crippen LogP contribution is -2.24. The highest BCUT2D eigenvalue weighted by atomic mass is 15.1. The second-order valence-corrected chi connectivity index (χ2v) is 18.4. The molecule has 13 rings (SSSR count). The molecule has 10 aromatic carbocycles. The van der Waals surface area contributed by atoms with Crippen molar-refractivity contribution in [2.75, 3.05) is 4.90 Å². The van der Waals surface area contributed by atoms with E-state index in [2.05, 4.69) is 231 Å². The fourth-order valence-corrected chi connectivity index (χ4v) is 12.1. The highest BCUT2D eigenvalue weighted by Crippen LogP contribution is 2.59. The first-order valence-corrected chi connectivity index (χ1v) is 22.5. The molecule has 10 aromatic rings. The van der Waals surface area contributed by atoms with Crippen molar-refractivity contribution < 1.29 is 0 Å². The summed E-state index contributed by atoms with van der Waals surface area (Å²) in [7, 11) is 0. The molecule has 298 valence electrons. The van der Waals surface area contributed by atoms with Gasteiger partial charge in [0.05, 0.1) is 0 Å². The molecule has 1 atom stereocenters. The van der Waals surface area contributed by atoms with E-state index in [1.165, 1.54) is 105 Å². The highest BCUT2D eigenvalue weighted by Gasteiger charge is 2.48. The van der Waals surface area contributed by atoms with E-state index in [0.29, 0.717) is 0 Å². The minimum absolute atomic E-state index is 0.109. The molecule has 1 nitrogen and oxygen atoms in total. The van der Waals surface area contributed by atoms with E-state index >= 15 is 0 Å². The van der Waals surface area contributed by atoms with Crippen LogP contribution in [-0.4, -0.2) is 0 Å². The fraction of sp³-hybridized carbons (Fsp3) is 0.0968. The zero-order chi connectivity index (χ0) is 41.9. The van der Waals surface area contributed by atoms with Crippen molar-refractivity contribution in [1.82, 2.24) is 0 Å². The van der Waals surface area contributed by atoms with Crippen LogP contribution < -0.4 is 4.90 Å². The van der Waals surface area contributed by atoms with Gasteiger partial charge in [-0.25, -0.2) is 0 Å². The van der Waals surface area contributed by atoms with Crippen molar-refractivity contribution in [3.63, 3.8) is 0 Å². The first kappa shape index (κ1) is 36.2. The molecular formula is C62H45N. The van der Waals surface area contributed by atoms with Gasteiger partial charge in [-0.2, -0.15) is 0 Å². The predicted molar refractivity (Wildman–Crippen MR) is 265 cm³/mol. The SMILES string of the molecule is CC1(C)c2ccccc2-c2cccc(-c3ccccc3-c3ccc(N(c4ccc5c(c4)C4(CCc6ccccc64)c4ccccc4-5)c4ccc5c(ccc6ccccc65)c4)cc3)c21. The van der Waals surface area contributed by atoms with E-state index in [1.807, 2.05) is 0 Å². The summed E-state index contributed by atoms with van der Waals surface area (Å²) in [6.45, 7) is 4.76. The molecule has 0 aromatic heterocycles. The van der Waals surface area contributed by atoms with Crippen LogP contribution in [0.3, 0.4) is 0 Å². The average Bonchev–Trinajstić information content (AvgIpc) is 3.95. The Labute approximate surface area is 369 Å². The molecule has 3 aliphatic carbocycles. The van der Waals surface area contributed by atoms with Gasteiger partial charge in [0, 0.05) is 27.9 Å². The topological polar surface area (TPSA) is 3.24 Å². The summed E-state index contributed by atoms with van der Waals surface area (Å²) in [5, 5.41) is 5.05. The lowest BCUT2D eigenvalue weighted by molar-refractivity contribution is 0.626. The van der Waals surface area contributed by atoms with Crippen molar-refractivity contribution in [1.29, 1.82) is 0 Å². The van der Waals surface area contributed by atoms with Gasteiger partial charge in [0.2, 0.25) is 0 Å². The molecule has 0 saturated carbocycles. The maximum atomic E-state index is 2.51.